The van der Waals surface area contributed by atoms with Gasteiger partial charge in [-0.15, -0.1) is 0 Å². The molecule has 2 aromatic rings. The van der Waals surface area contributed by atoms with Crippen LogP contribution in [0.15, 0.2) is 53.4 Å². The van der Waals surface area contributed by atoms with E-state index in [-0.39, 0.29) is 30.3 Å². The molecule has 1 unspecified atom stereocenters. The fourth-order valence-electron chi connectivity index (χ4n) is 4.26. The third kappa shape index (κ3) is 4.05. The van der Waals surface area contributed by atoms with Gasteiger partial charge in [-0.2, -0.15) is 13.1 Å². The predicted octanol–water partition coefficient (Wildman–Crippen LogP) is 2.99. The monoisotopic (exact) mass is 497 g/mol. The number of likely N-dealkylation sites (tertiary alicyclic amines) is 1. The topological polar surface area (TPSA) is 97.4 Å². The molecule has 2 saturated heterocycles. The fraction of sp³-hybridized carbons (Fsp3) is 0.409. The normalized spacial score (nSPS) is 22.5. The number of methoxy groups -OCH3 is 2. The molecule has 0 aromatic heterocycles. The van der Waals surface area contributed by atoms with Crippen LogP contribution in [0.5, 0.6) is 11.5 Å². The third-order valence-electron chi connectivity index (χ3n) is 5.97. The number of alkyl halides is 2. The quantitative estimate of drug-likeness (QED) is 0.682. The Hall–Kier alpha value is -2.96. The Morgan fingerprint density at radius 3 is 2.41 bits per heavy atom. The van der Waals surface area contributed by atoms with E-state index in [1.54, 1.807) is 30.3 Å². The Kier molecular flexibility index (Phi) is 6.40. The second-order valence-electron chi connectivity index (χ2n) is 7.90. The van der Waals surface area contributed by atoms with Crippen LogP contribution in [0.2, 0.25) is 0 Å². The first-order chi connectivity index (χ1) is 16.1. The third-order valence-corrected chi connectivity index (χ3v) is 7.88. The molecule has 2 aliphatic heterocycles. The number of benzene rings is 2. The van der Waals surface area contributed by atoms with Gasteiger partial charge in [0, 0.05) is 31.3 Å². The maximum absolute atomic E-state index is 15.6. The molecule has 0 bridgehead atoms. The fourth-order valence-corrected chi connectivity index (χ4v) is 5.99. The molecule has 9 nitrogen and oxygen atoms in total. The van der Waals surface area contributed by atoms with Crippen molar-refractivity contribution in [3.8, 4) is 11.5 Å². The zero-order valence-electron chi connectivity index (χ0n) is 18.7. The number of urea groups is 1. The lowest BCUT2D eigenvalue weighted by molar-refractivity contribution is -0.246. The zero-order valence-corrected chi connectivity index (χ0v) is 19.5. The van der Waals surface area contributed by atoms with Crippen LogP contribution in [0.25, 0.3) is 0 Å². The Morgan fingerprint density at radius 2 is 1.76 bits per heavy atom. The Bertz CT molecular complexity index is 1160. The van der Waals surface area contributed by atoms with E-state index in [9.17, 15) is 13.2 Å². The zero-order chi connectivity index (χ0) is 24.6. The highest BCUT2D eigenvalue weighted by Gasteiger charge is 2.67. The number of carbonyl (C=O) groups excluding carboxylic acids is 1. The molecule has 184 valence electrons. The molecule has 1 N–H and O–H groups in total. The summed E-state index contributed by atoms with van der Waals surface area (Å²) in [6.07, 6.45) is -0.394. The van der Waals surface area contributed by atoms with Gasteiger partial charge in [0.25, 0.3) is 0 Å². The number of nitrogens with zero attached hydrogens (tertiary/aromatic N) is 2. The predicted molar refractivity (Wildman–Crippen MR) is 119 cm³/mol. The van der Waals surface area contributed by atoms with Crippen molar-refractivity contribution in [1.82, 2.24) is 9.21 Å². The van der Waals surface area contributed by atoms with Crippen molar-refractivity contribution < 1.29 is 36.2 Å². The van der Waals surface area contributed by atoms with Crippen LogP contribution in [0, 0.1) is 0 Å². The average molecular weight is 498 g/mol. The van der Waals surface area contributed by atoms with Crippen molar-refractivity contribution >= 4 is 21.7 Å². The van der Waals surface area contributed by atoms with Gasteiger partial charge in [0.05, 0.1) is 32.3 Å². The molecule has 1 atom stereocenters. The van der Waals surface area contributed by atoms with Gasteiger partial charge in [0.15, 0.2) is 11.5 Å². The largest absolute Gasteiger partial charge is 0.493 e. The Morgan fingerprint density at radius 1 is 1.06 bits per heavy atom. The van der Waals surface area contributed by atoms with Gasteiger partial charge in [-0.05, 0) is 24.3 Å². The summed E-state index contributed by atoms with van der Waals surface area (Å²) < 4.78 is 74.5. The van der Waals surface area contributed by atoms with E-state index in [4.69, 9.17) is 14.2 Å². The van der Waals surface area contributed by atoms with Crippen molar-refractivity contribution in [2.45, 2.75) is 23.0 Å². The molecule has 2 aliphatic rings. The van der Waals surface area contributed by atoms with Crippen LogP contribution in [0.3, 0.4) is 0 Å². The molecule has 2 fully saturated rings. The maximum atomic E-state index is 15.6. The number of amides is 2. The molecular weight excluding hydrogens is 472 g/mol. The molecule has 2 amide bonds. The summed E-state index contributed by atoms with van der Waals surface area (Å²) in [6, 6.07) is 11.6. The van der Waals surface area contributed by atoms with Crippen LogP contribution in [0.1, 0.15) is 6.42 Å². The van der Waals surface area contributed by atoms with Gasteiger partial charge in [-0.25, -0.2) is 13.2 Å². The SMILES string of the molecule is COc1ccc(S(=O)(=O)N2CCOC23CCN(C(=O)Nc2ccccc2)CC3(F)F)cc1OC. The molecule has 1 spiro atoms. The lowest BCUT2D eigenvalue weighted by Gasteiger charge is -2.47. The number of anilines is 1. The molecule has 34 heavy (non-hydrogen) atoms. The number of ether oxygens (including phenoxy) is 3. The second kappa shape index (κ2) is 9.01. The number of hydrogen-bond acceptors (Lipinski definition) is 6. The van der Waals surface area contributed by atoms with Gasteiger partial charge >= 0.3 is 12.0 Å². The molecule has 2 aromatic carbocycles. The number of para-hydroxylation sites is 1. The van der Waals surface area contributed by atoms with Crippen molar-refractivity contribution in [3.63, 3.8) is 0 Å². The lowest BCUT2D eigenvalue weighted by Crippen LogP contribution is -2.68. The highest BCUT2D eigenvalue weighted by molar-refractivity contribution is 7.89. The van der Waals surface area contributed by atoms with Gasteiger partial charge in [-0.1, -0.05) is 18.2 Å². The molecule has 2 heterocycles. The maximum Gasteiger partial charge on any atom is 0.322 e. The summed E-state index contributed by atoms with van der Waals surface area (Å²) >= 11 is 0. The summed E-state index contributed by atoms with van der Waals surface area (Å²) in [6.45, 7) is -1.56. The van der Waals surface area contributed by atoms with E-state index < -0.39 is 40.7 Å². The molecule has 4 rings (SSSR count). The van der Waals surface area contributed by atoms with E-state index in [2.05, 4.69) is 5.32 Å². The first-order valence-corrected chi connectivity index (χ1v) is 12.0. The van der Waals surface area contributed by atoms with Crippen LogP contribution >= 0.6 is 0 Å². The number of sulfonamides is 1. The molecule has 12 heteroatoms. The number of nitrogens with one attached hydrogen (secondary N) is 1. The van der Waals surface area contributed by atoms with Gasteiger partial charge in [0.1, 0.15) is 0 Å². The van der Waals surface area contributed by atoms with E-state index in [1.807, 2.05) is 0 Å². The number of halogens is 2. The summed E-state index contributed by atoms with van der Waals surface area (Å²) in [7, 11) is -1.64. The van der Waals surface area contributed by atoms with Crippen molar-refractivity contribution in [2.75, 3.05) is 45.8 Å². The van der Waals surface area contributed by atoms with Crippen LogP contribution < -0.4 is 14.8 Å². The van der Waals surface area contributed by atoms with Gasteiger partial charge in [-0.3, -0.25) is 0 Å². The first kappa shape index (κ1) is 24.2. The van der Waals surface area contributed by atoms with E-state index in [0.717, 1.165) is 4.90 Å². The average Bonchev–Trinajstić information content (AvgIpc) is 3.27. The van der Waals surface area contributed by atoms with E-state index >= 15 is 8.78 Å². The summed E-state index contributed by atoms with van der Waals surface area (Å²) in [5.74, 6) is -3.21. The van der Waals surface area contributed by atoms with Gasteiger partial charge in [0.2, 0.25) is 15.7 Å². The highest BCUT2D eigenvalue weighted by atomic mass is 32.2. The number of piperidine rings is 1. The van der Waals surface area contributed by atoms with Gasteiger partial charge < -0.3 is 24.4 Å². The van der Waals surface area contributed by atoms with Crippen LogP contribution in [-0.2, 0) is 14.8 Å². The Labute approximate surface area is 196 Å². The van der Waals surface area contributed by atoms with E-state index in [0.29, 0.717) is 15.7 Å². The minimum atomic E-state index is -4.39. The highest BCUT2D eigenvalue weighted by Crippen LogP contribution is 2.47. The molecule has 0 aliphatic carbocycles. The molecule has 0 saturated carbocycles. The molecule has 0 radical (unpaired) electrons. The van der Waals surface area contributed by atoms with E-state index in [1.165, 1.54) is 32.4 Å². The van der Waals surface area contributed by atoms with Crippen LogP contribution in [-0.4, -0.2) is 75.8 Å². The minimum absolute atomic E-state index is 0.119. The number of carbonyl (C=O) groups is 1. The Balaban J connectivity index is 1.59. The van der Waals surface area contributed by atoms with Crippen molar-refractivity contribution in [1.29, 1.82) is 0 Å². The lowest BCUT2D eigenvalue weighted by atomic mass is 9.96. The number of hydrogen-bond donors (Lipinski definition) is 1. The van der Waals surface area contributed by atoms with Crippen LogP contribution in [0.4, 0.5) is 19.3 Å². The van der Waals surface area contributed by atoms with Crippen molar-refractivity contribution in [3.05, 3.63) is 48.5 Å². The second-order valence-corrected chi connectivity index (χ2v) is 9.76. The summed E-state index contributed by atoms with van der Waals surface area (Å²) in [5, 5.41) is 2.57. The smallest absolute Gasteiger partial charge is 0.322 e. The summed E-state index contributed by atoms with van der Waals surface area (Å²) in [5.41, 5.74) is -1.94. The van der Waals surface area contributed by atoms with Crippen molar-refractivity contribution in [2.24, 2.45) is 0 Å². The summed E-state index contributed by atoms with van der Waals surface area (Å²) in [4.78, 5) is 13.3. The standard InChI is InChI=1S/C22H25F2N3O6S/c1-31-18-9-8-17(14-19(18)32-2)34(29,30)27-12-13-33-22(27)10-11-26(15-21(22,23)24)20(28)25-16-6-4-3-5-7-16/h3-9,14H,10-13,15H2,1-2H3,(H,25,28). The minimum Gasteiger partial charge on any atom is -0.493 e. The molecular formula is C22H25F2N3O6S. The number of rotatable bonds is 5. The first-order valence-electron chi connectivity index (χ1n) is 10.5.